The minimum Gasteiger partial charge on any atom is -0.444 e. The van der Waals surface area contributed by atoms with Crippen LogP contribution in [-0.4, -0.2) is 41.0 Å². The van der Waals surface area contributed by atoms with E-state index in [1.165, 1.54) is 0 Å². The van der Waals surface area contributed by atoms with Gasteiger partial charge in [0, 0.05) is 19.1 Å². The van der Waals surface area contributed by atoms with Crippen LogP contribution in [0.5, 0.6) is 0 Å². The second-order valence-electron chi connectivity index (χ2n) is 6.09. The number of nitrogens with one attached hydrogen (secondary N) is 1. The third-order valence-corrected chi connectivity index (χ3v) is 3.37. The van der Waals surface area contributed by atoms with E-state index in [1.807, 2.05) is 26.8 Å². The van der Waals surface area contributed by atoms with Crippen LogP contribution in [0.2, 0.25) is 5.15 Å². The van der Waals surface area contributed by atoms with Crippen LogP contribution in [0.15, 0.2) is 12.1 Å². The highest BCUT2D eigenvalue weighted by atomic mass is 35.5. The van der Waals surface area contributed by atoms with E-state index < -0.39 is 11.7 Å². The maximum Gasteiger partial charge on any atom is 0.407 e. The van der Waals surface area contributed by atoms with Crippen LogP contribution in [0, 0.1) is 0 Å². The topological polar surface area (TPSA) is 67.3 Å². The molecule has 1 aliphatic heterocycles. The van der Waals surface area contributed by atoms with E-state index in [0.29, 0.717) is 11.7 Å². The van der Waals surface area contributed by atoms with Crippen molar-refractivity contribution >= 4 is 23.5 Å². The summed E-state index contributed by atoms with van der Waals surface area (Å²) in [6.07, 6.45) is 1.67. The molecule has 0 radical (unpaired) electrons. The van der Waals surface area contributed by atoms with E-state index in [4.69, 9.17) is 16.3 Å². The van der Waals surface area contributed by atoms with Crippen molar-refractivity contribution in [2.24, 2.45) is 0 Å². The number of anilines is 1. The molecule has 1 saturated heterocycles. The Bertz CT molecular complexity index is 487. The van der Waals surface area contributed by atoms with Gasteiger partial charge in [0.1, 0.15) is 5.60 Å². The van der Waals surface area contributed by atoms with Crippen molar-refractivity contribution in [2.45, 2.75) is 45.3 Å². The molecular formula is C14H21ClN4O2. The van der Waals surface area contributed by atoms with E-state index in [1.54, 1.807) is 6.07 Å². The molecule has 1 amide bonds. The Morgan fingerprint density at radius 2 is 2.24 bits per heavy atom. The minimum absolute atomic E-state index is 0.202. The molecule has 1 N–H and O–H groups in total. The van der Waals surface area contributed by atoms with Crippen molar-refractivity contribution in [3.8, 4) is 0 Å². The molecule has 1 aromatic heterocycles. The second kappa shape index (κ2) is 6.47. The quantitative estimate of drug-likeness (QED) is 0.929. The average Bonchev–Trinajstić information content (AvgIpc) is 2.83. The van der Waals surface area contributed by atoms with Crippen LogP contribution in [0.4, 0.5) is 10.6 Å². The largest absolute Gasteiger partial charge is 0.444 e. The maximum absolute atomic E-state index is 11.7. The van der Waals surface area contributed by atoms with Gasteiger partial charge in [0.25, 0.3) is 0 Å². The van der Waals surface area contributed by atoms with Crippen molar-refractivity contribution < 1.29 is 9.53 Å². The molecule has 21 heavy (non-hydrogen) atoms. The Morgan fingerprint density at radius 3 is 2.86 bits per heavy atom. The summed E-state index contributed by atoms with van der Waals surface area (Å²) in [6.45, 7) is 6.96. The van der Waals surface area contributed by atoms with E-state index in [2.05, 4.69) is 20.4 Å². The summed E-state index contributed by atoms with van der Waals surface area (Å²) in [4.78, 5) is 13.8. The minimum atomic E-state index is -0.485. The summed E-state index contributed by atoms with van der Waals surface area (Å²) in [5.41, 5.74) is -0.485. The van der Waals surface area contributed by atoms with E-state index >= 15 is 0 Å². The van der Waals surface area contributed by atoms with Gasteiger partial charge in [0.2, 0.25) is 0 Å². The van der Waals surface area contributed by atoms with Gasteiger partial charge in [0.05, 0.1) is 0 Å². The summed E-state index contributed by atoms with van der Waals surface area (Å²) in [5, 5.41) is 11.2. The highest BCUT2D eigenvalue weighted by Crippen LogP contribution is 2.23. The van der Waals surface area contributed by atoms with Gasteiger partial charge < -0.3 is 15.0 Å². The van der Waals surface area contributed by atoms with Crippen LogP contribution in [-0.2, 0) is 4.74 Å². The number of halogens is 1. The summed E-state index contributed by atoms with van der Waals surface area (Å²) in [7, 11) is 0. The van der Waals surface area contributed by atoms with Gasteiger partial charge in [-0.3, -0.25) is 0 Å². The van der Waals surface area contributed by atoms with E-state index in [-0.39, 0.29) is 6.04 Å². The SMILES string of the molecule is CC(C)(C)OC(=O)NCC1CCCN1c1ccc(Cl)nn1. The van der Waals surface area contributed by atoms with Gasteiger partial charge in [-0.15, -0.1) is 10.2 Å². The van der Waals surface area contributed by atoms with Crippen LogP contribution in [0.1, 0.15) is 33.6 Å². The predicted octanol–water partition coefficient (Wildman–Crippen LogP) is 2.62. The first kappa shape index (κ1) is 15.8. The van der Waals surface area contributed by atoms with Crippen molar-refractivity contribution in [3.63, 3.8) is 0 Å². The number of carbonyl (C=O) groups is 1. The molecule has 1 atom stereocenters. The first-order valence-corrected chi connectivity index (χ1v) is 7.46. The number of hydrogen-bond acceptors (Lipinski definition) is 5. The number of carbonyl (C=O) groups excluding carboxylic acids is 1. The smallest absolute Gasteiger partial charge is 0.407 e. The normalized spacial score (nSPS) is 18.7. The summed E-state index contributed by atoms with van der Waals surface area (Å²) in [6, 6.07) is 3.77. The Hall–Kier alpha value is -1.56. The Morgan fingerprint density at radius 1 is 1.48 bits per heavy atom. The molecular weight excluding hydrogens is 292 g/mol. The van der Waals surface area contributed by atoms with E-state index in [9.17, 15) is 4.79 Å². The lowest BCUT2D eigenvalue weighted by atomic mass is 10.2. The number of nitrogens with zero attached hydrogens (tertiary/aromatic N) is 3. The first-order valence-electron chi connectivity index (χ1n) is 7.08. The molecule has 1 aliphatic rings. The van der Waals surface area contributed by atoms with Crippen molar-refractivity contribution in [3.05, 3.63) is 17.3 Å². The predicted molar refractivity (Wildman–Crippen MR) is 81.6 cm³/mol. The van der Waals surface area contributed by atoms with Crippen LogP contribution < -0.4 is 10.2 Å². The Kier molecular flexibility index (Phi) is 4.88. The van der Waals surface area contributed by atoms with Gasteiger partial charge in [-0.25, -0.2) is 4.79 Å². The van der Waals surface area contributed by atoms with E-state index in [0.717, 1.165) is 25.2 Å². The molecule has 1 aromatic rings. The molecule has 2 rings (SSSR count). The molecule has 1 fully saturated rings. The van der Waals surface area contributed by atoms with Crippen LogP contribution in [0.3, 0.4) is 0 Å². The standard InChI is InChI=1S/C14H21ClN4O2/c1-14(2,3)21-13(20)16-9-10-5-4-8-19(10)12-7-6-11(15)17-18-12/h6-7,10H,4-5,8-9H2,1-3H3,(H,16,20). The summed E-state index contributed by atoms with van der Waals surface area (Å²) >= 11 is 5.75. The van der Waals surface area contributed by atoms with Gasteiger partial charge in [0.15, 0.2) is 11.0 Å². The van der Waals surface area contributed by atoms with Gasteiger partial charge >= 0.3 is 6.09 Å². The zero-order valence-electron chi connectivity index (χ0n) is 12.6. The molecule has 1 unspecified atom stereocenters. The maximum atomic E-state index is 11.7. The number of rotatable bonds is 3. The zero-order valence-corrected chi connectivity index (χ0v) is 13.4. The third-order valence-electron chi connectivity index (χ3n) is 3.17. The average molecular weight is 313 g/mol. The van der Waals surface area contributed by atoms with Crippen molar-refractivity contribution in [2.75, 3.05) is 18.0 Å². The number of hydrogen-bond donors (Lipinski definition) is 1. The lowest BCUT2D eigenvalue weighted by Gasteiger charge is -2.26. The molecule has 116 valence electrons. The number of aromatic nitrogens is 2. The molecule has 2 heterocycles. The number of alkyl carbamates (subject to hydrolysis) is 1. The van der Waals surface area contributed by atoms with Crippen molar-refractivity contribution in [1.29, 1.82) is 0 Å². The highest BCUT2D eigenvalue weighted by Gasteiger charge is 2.27. The second-order valence-corrected chi connectivity index (χ2v) is 6.47. The van der Waals surface area contributed by atoms with Crippen LogP contribution in [0.25, 0.3) is 0 Å². The molecule has 0 spiro atoms. The molecule has 0 bridgehead atoms. The highest BCUT2D eigenvalue weighted by molar-refractivity contribution is 6.29. The van der Waals surface area contributed by atoms with Gasteiger partial charge in [-0.2, -0.15) is 0 Å². The molecule has 0 aromatic carbocycles. The van der Waals surface area contributed by atoms with Gasteiger partial charge in [-0.1, -0.05) is 11.6 Å². The first-order chi connectivity index (χ1) is 9.85. The monoisotopic (exact) mass is 312 g/mol. The lowest BCUT2D eigenvalue weighted by Crippen LogP contribution is -2.42. The fourth-order valence-electron chi connectivity index (χ4n) is 2.33. The molecule has 0 saturated carbocycles. The third kappa shape index (κ3) is 4.74. The summed E-state index contributed by atoms with van der Waals surface area (Å²) < 4.78 is 5.24. The lowest BCUT2D eigenvalue weighted by molar-refractivity contribution is 0.0525. The fourth-order valence-corrected chi connectivity index (χ4v) is 2.43. The molecule has 6 nitrogen and oxygen atoms in total. The van der Waals surface area contributed by atoms with Crippen molar-refractivity contribution in [1.82, 2.24) is 15.5 Å². The van der Waals surface area contributed by atoms with Crippen LogP contribution >= 0.6 is 11.6 Å². The zero-order chi connectivity index (χ0) is 15.5. The molecule has 7 heteroatoms. The Balaban J connectivity index is 1.90. The number of amides is 1. The fraction of sp³-hybridized carbons (Fsp3) is 0.643. The number of ether oxygens (including phenoxy) is 1. The molecule has 0 aliphatic carbocycles. The summed E-state index contributed by atoms with van der Waals surface area (Å²) in [5.74, 6) is 0.785. The van der Waals surface area contributed by atoms with Gasteiger partial charge in [-0.05, 0) is 45.7 Å². The Labute approximate surface area is 129 Å².